The van der Waals surface area contributed by atoms with Crippen LogP contribution in [0.5, 0.6) is 0 Å². The third-order valence-electron chi connectivity index (χ3n) is 2.31. The van der Waals surface area contributed by atoms with E-state index >= 15 is 0 Å². The normalized spacial score (nSPS) is 12.2. The number of nitrogens with one attached hydrogen (secondary N) is 1. The number of thiazole rings is 1. The zero-order chi connectivity index (χ0) is 14.0. The van der Waals surface area contributed by atoms with Crippen molar-refractivity contribution < 1.29 is 13.9 Å². The molecule has 8 heteroatoms. The van der Waals surface area contributed by atoms with Crippen molar-refractivity contribution >= 4 is 34.0 Å². The molecule has 19 heavy (non-hydrogen) atoms. The summed E-state index contributed by atoms with van der Waals surface area (Å²) in [7, 11) is 1.30. The molecule has 0 saturated heterocycles. The number of anilines is 1. The lowest BCUT2D eigenvalue weighted by Gasteiger charge is -2.07. The van der Waals surface area contributed by atoms with Crippen molar-refractivity contribution in [1.82, 2.24) is 9.97 Å². The molecule has 0 amide bonds. The van der Waals surface area contributed by atoms with Crippen molar-refractivity contribution in [1.29, 1.82) is 0 Å². The number of carbonyl (C=O) groups excluding carboxylic acids is 1. The second-order valence-electron chi connectivity index (χ2n) is 3.81. The van der Waals surface area contributed by atoms with Gasteiger partial charge in [0, 0.05) is 0 Å². The van der Waals surface area contributed by atoms with Crippen LogP contribution in [0.3, 0.4) is 0 Å². The van der Waals surface area contributed by atoms with Crippen molar-refractivity contribution in [2.75, 3.05) is 12.4 Å². The third-order valence-corrected chi connectivity index (χ3v) is 3.66. The largest absolute Gasteiger partial charge is 0.465 e. The van der Waals surface area contributed by atoms with Gasteiger partial charge in [0.25, 0.3) is 0 Å². The van der Waals surface area contributed by atoms with E-state index in [1.807, 2.05) is 13.8 Å². The van der Waals surface area contributed by atoms with E-state index in [4.69, 9.17) is 16.0 Å². The minimum Gasteiger partial charge on any atom is -0.465 e. The highest BCUT2D eigenvalue weighted by Gasteiger charge is 2.19. The smallest absolute Gasteiger partial charge is 0.351 e. The minimum absolute atomic E-state index is 0.120. The summed E-state index contributed by atoms with van der Waals surface area (Å²) in [5.74, 6) is 0.773. The average molecular weight is 302 g/mol. The first-order chi connectivity index (χ1) is 9.01. The van der Waals surface area contributed by atoms with Crippen molar-refractivity contribution in [2.24, 2.45) is 0 Å². The van der Waals surface area contributed by atoms with Gasteiger partial charge >= 0.3 is 5.97 Å². The number of nitrogens with zero attached hydrogens (tertiary/aromatic N) is 2. The first-order valence-electron chi connectivity index (χ1n) is 5.44. The summed E-state index contributed by atoms with van der Waals surface area (Å²) >= 11 is 7.00. The fourth-order valence-electron chi connectivity index (χ4n) is 1.40. The zero-order valence-electron chi connectivity index (χ0n) is 10.6. The van der Waals surface area contributed by atoms with Crippen LogP contribution in [-0.4, -0.2) is 23.0 Å². The van der Waals surface area contributed by atoms with Gasteiger partial charge in [0.1, 0.15) is 11.8 Å². The molecule has 0 aromatic carbocycles. The molecular formula is C11H12ClN3O3S. The van der Waals surface area contributed by atoms with Gasteiger partial charge in [-0.1, -0.05) is 22.9 Å². The quantitative estimate of drug-likeness (QED) is 0.875. The number of methoxy groups -OCH3 is 1. The number of carbonyl (C=O) groups is 1. The topological polar surface area (TPSA) is 77.2 Å². The lowest BCUT2D eigenvalue weighted by molar-refractivity contribution is 0.0606. The second kappa shape index (κ2) is 5.58. The van der Waals surface area contributed by atoms with Crippen LogP contribution < -0.4 is 5.32 Å². The Morgan fingerprint density at radius 1 is 1.63 bits per heavy atom. The van der Waals surface area contributed by atoms with Gasteiger partial charge in [0.2, 0.25) is 5.89 Å². The van der Waals surface area contributed by atoms with Crippen LogP contribution in [0, 0.1) is 6.92 Å². The van der Waals surface area contributed by atoms with E-state index in [0.717, 1.165) is 17.1 Å². The molecule has 2 heterocycles. The summed E-state index contributed by atoms with van der Waals surface area (Å²) in [5.41, 5.74) is 0. The Morgan fingerprint density at radius 3 is 2.95 bits per heavy atom. The standard InChI is InChI=1S/C11H12ClN3O3S/c1-5-4-13-9(18-5)6(2)14-11-15-8(12)7(19-11)10(16)17-3/h4,6H,1-3H3,(H,14,15). The van der Waals surface area contributed by atoms with Crippen LogP contribution in [-0.2, 0) is 4.74 Å². The van der Waals surface area contributed by atoms with Crippen molar-refractivity contribution in [2.45, 2.75) is 19.9 Å². The van der Waals surface area contributed by atoms with Crippen molar-refractivity contribution in [3.8, 4) is 0 Å². The Labute approximate surface area is 118 Å². The molecule has 2 aromatic rings. The number of ether oxygens (including phenoxy) is 1. The molecule has 0 bridgehead atoms. The van der Waals surface area contributed by atoms with Crippen LogP contribution in [0.4, 0.5) is 5.13 Å². The van der Waals surface area contributed by atoms with Gasteiger partial charge in [-0.2, -0.15) is 0 Å². The first kappa shape index (κ1) is 13.8. The zero-order valence-corrected chi connectivity index (χ0v) is 12.1. The predicted molar refractivity (Wildman–Crippen MR) is 71.7 cm³/mol. The maximum absolute atomic E-state index is 11.4. The predicted octanol–water partition coefficient (Wildman–Crippen LogP) is 3.05. The summed E-state index contributed by atoms with van der Waals surface area (Å²) in [5, 5.41) is 3.70. The molecule has 102 valence electrons. The molecule has 0 spiro atoms. The highest BCUT2D eigenvalue weighted by atomic mass is 35.5. The molecule has 6 nitrogen and oxygen atoms in total. The molecule has 1 unspecified atom stereocenters. The second-order valence-corrected chi connectivity index (χ2v) is 5.16. The molecule has 1 atom stereocenters. The van der Waals surface area contributed by atoms with Crippen molar-refractivity contribution in [3.05, 3.63) is 27.9 Å². The molecule has 2 aromatic heterocycles. The Kier molecular flexibility index (Phi) is 4.06. The Bertz CT molecular complexity index is 596. The number of hydrogen-bond acceptors (Lipinski definition) is 7. The van der Waals surface area contributed by atoms with Gasteiger partial charge in [-0.3, -0.25) is 0 Å². The van der Waals surface area contributed by atoms with E-state index in [2.05, 4.69) is 20.0 Å². The van der Waals surface area contributed by atoms with E-state index < -0.39 is 5.97 Å². The SMILES string of the molecule is COC(=O)c1sc(NC(C)c2ncc(C)o2)nc1Cl. The van der Waals surface area contributed by atoms with Crippen LogP contribution in [0.15, 0.2) is 10.6 Å². The lowest BCUT2D eigenvalue weighted by Crippen LogP contribution is -2.06. The average Bonchev–Trinajstić information content (AvgIpc) is 2.95. The molecule has 0 aliphatic heterocycles. The number of esters is 1. The molecular weight excluding hydrogens is 290 g/mol. The van der Waals surface area contributed by atoms with Crippen LogP contribution in [0.25, 0.3) is 0 Å². The third kappa shape index (κ3) is 3.05. The molecule has 0 aliphatic carbocycles. The minimum atomic E-state index is -0.504. The van der Waals surface area contributed by atoms with Gasteiger partial charge in [0.05, 0.1) is 13.3 Å². The number of rotatable bonds is 4. The summed E-state index contributed by atoms with van der Waals surface area (Å²) in [6.07, 6.45) is 1.64. The van der Waals surface area contributed by atoms with Gasteiger partial charge in [-0.05, 0) is 13.8 Å². The molecule has 1 N–H and O–H groups in total. The number of aryl methyl sites for hydroxylation is 1. The maximum Gasteiger partial charge on any atom is 0.351 e. The van der Waals surface area contributed by atoms with Gasteiger partial charge in [0.15, 0.2) is 15.2 Å². The highest BCUT2D eigenvalue weighted by Crippen LogP contribution is 2.29. The van der Waals surface area contributed by atoms with Gasteiger partial charge < -0.3 is 14.5 Å². The van der Waals surface area contributed by atoms with E-state index in [0.29, 0.717) is 11.0 Å². The summed E-state index contributed by atoms with van der Waals surface area (Å²) < 4.78 is 10.0. The van der Waals surface area contributed by atoms with E-state index in [9.17, 15) is 4.79 Å². The first-order valence-corrected chi connectivity index (χ1v) is 6.64. The lowest BCUT2D eigenvalue weighted by atomic mass is 10.3. The van der Waals surface area contributed by atoms with E-state index in [1.54, 1.807) is 6.20 Å². The number of hydrogen-bond donors (Lipinski definition) is 1. The molecule has 0 fully saturated rings. The van der Waals surface area contributed by atoms with E-state index in [1.165, 1.54) is 7.11 Å². The number of oxazole rings is 1. The van der Waals surface area contributed by atoms with Crippen LogP contribution >= 0.6 is 22.9 Å². The molecule has 0 aliphatic rings. The molecule has 2 rings (SSSR count). The maximum atomic E-state index is 11.4. The Balaban J connectivity index is 2.13. The van der Waals surface area contributed by atoms with Gasteiger partial charge in [-0.25, -0.2) is 14.8 Å². The summed E-state index contributed by atoms with van der Waals surface area (Å²) in [6, 6.07) is -0.179. The molecule has 0 saturated carbocycles. The van der Waals surface area contributed by atoms with Crippen LogP contribution in [0.1, 0.15) is 34.3 Å². The highest BCUT2D eigenvalue weighted by molar-refractivity contribution is 7.18. The number of halogens is 1. The Morgan fingerprint density at radius 2 is 2.37 bits per heavy atom. The fourth-order valence-corrected chi connectivity index (χ4v) is 2.59. The summed E-state index contributed by atoms with van der Waals surface area (Å²) in [6.45, 7) is 3.69. The van der Waals surface area contributed by atoms with E-state index in [-0.39, 0.29) is 16.1 Å². The number of aromatic nitrogens is 2. The van der Waals surface area contributed by atoms with Crippen molar-refractivity contribution in [3.63, 3.8) is 0 Å². The summed E-state index contributed by atoms with van der Waals surface area (Å²) in [4.78, 5) is 19.8. The van der Waals surface area contributed by atoms with Crippen LogP contribution in [0.2, 0.25) is 5.15 Å². The molecule has 0 radical (unpaired) electrons. The fraction of sp³-hybridized carbons (Fsp3) is 0.364. The van der Waals surface area contributed by atoms with Gasteiger partial charge in [-0.15, -0.1) is 0 Å². The Hall–Kier alpha value is -1.60. The monoisotopic (exact) mass is 301 g/mol.